The van der Waals surface area contributed by atoms with Gasteiger partial charge in [-0.3, -0.25) is 0 Å². The Morgan fingerprint density at radius 2 is 1.92 bits per heavy atom. The lowest BCUT2D eigenvalue weighted by atomic mass is 9.52. The molecule has 1 aliphatic heterocycles. The van der Waals surface area contributed by atoms with Crippen LogP contribution in [0.15, 0.2) is 12.7 Å². The molecule has 1 saturated heterocycles. The van der Waals surface area contributed by atoms with Crippen LogP contribution in [0.25, 0.3) is 0 Å². The van der Waals surface area contributed by atoms with Crippen LogP contribution in [0, 0.1) is 17.8 Å². The molecule has 0 radical (unpaired) electrons. The van der Waals surface area contributed by atoms with Gasteiger partial charge in [-0.05, 0) is 69.6 Å². The molecule has 4 bridgehead atoms. The van der Waals surface area contributed by atoms with E-state index in [1.165, 1.54) is 12.5 Å². The zero-order chi connectivity index (χ0) is 16.8. The van der Waals surface area contributed by atoms with E-state index >= 15 is 0 Å². The third-order valence-electron chi connectivity index (χ3n) is 6.66. The molecule has 5 aliphatic rings. The summed E-state index contributed by atoms with van der Waals surface area (Å²) >= 11 is 0. The summed E-state index contributed by atoms with van der Waals surface area (Å²) in [6.07, 6.45) is 10.3. The fourth-order valence-corrected chi connectivity index (χ4v) is 6.18. The summed E-state index contributed by atoms with van der Waals surface area (Å²) in [4.78, 5) is 11.8. The van der Waals surface area contributed by atoms with Gasteiger partial charge in [-0.2, -0.15) is 0 Å². The highest BCUT2D eigenvalue weighted by atomic mass is 16.6. The minimum Gasteiger partial charge on any atom is -0.456 e. The van der Waals surface area contributed by atoms with E-state index in [9.17, 15) is 4.79 Å². The largest absolute Gasteiger partial charge is 0.456 e. The lowest BCUT2D eigenvalue weighted by molar-refractivity contribution is -0.235. The Bertz CT molecular complexity index is 500. The first kappa shape index (κ1) is 16.6. The van der Waals surface area contributed by atoms with Gasteiger partial charge in [-0.15, -0.1) is 0 Å². The molecule has 4 unspecified atom stereocenters. The van der Waals surface area contributed by atoms with Crippen molar-refractivity contribution in [1.82, 2.24) is 0 Å². The van der Waals surface area contributed by atoms with Crippen molar-refractivity contribution in [3.63, 3.8) is 0 Å². The fraction of sp³-hybridized carbons (Fsp3) is 0.850. The van der Waals surface area contributed by atoms with Crippen LogP contribution in [0.5, 0.6) is 0 Å². The van der Waals surface area contributed by atoms with Gasteiger partial charge in [0.2, 0.25) is 0 Å². The van der Waals surface area contributed by atoms with Crippen molar-refractivity contribution in [1.29, 1.82) is 0 Å². The van der Waals surface area contributed by atoms with Crippen molar-refractivity contribution in [3.8, 4) is 0 Å². The van der Waals surface area contributed by atoms with Crippen molar-refractivity contribution in [2.24, 2.45) is 17.8 Å². The van der Waals surface area contributed by atoms with Crippen molar-refractivity contribution in [2.75, 3.05) is 13.2 Å². The monoisotopic (exact) mass is 334 g/mol. The summed E-state index contributed by atoms with van der Waals surface area (Å²) in [5, 5.41) is 0. The molecule has 5 fully saturated rings. The number of ether oxygens (including phenoxy) is 3. The van der Waals surface area contributed by atoms with Gasteiger partial charge in [0.1, 0.15) is 5.60 Å². The third kappa shape index (κ3) is 3.15. The summed E-state index contributed by atoms with van der Waals surface area (Å²) in [6.45, 7) is 7.40. The maximum absolute atomic E-state index is 11.8. The second kappa shape index (κ2) is 6.14. The molecule has 0 aromatic heterocycles. The van der Waals surface area contributed by atoms with E-state index in [1.54, 1.807) is 0 Å². The summed E-state index contributed by atoms with van der Waals surface area (Å²) in [5.74, 6) is 1.63. The number of carbonyl (C=O) groups is 1. The molecular weight excluding hydrogens is 304 g/mol. The Morgan fingerprint density at radius 3 is 2.58 bits per heavy atom. The Labute approximate surface area is 144 Å². The van der Waals surface area contributed by atoms with Crippen molar-refractivity contribution < 1.29 is 19.0 Å². The summed E-state index contributed by atoms with van der Waals surface area (Å²) < 4.78 is 18.1. The van der Waals surface area contributed by atoms with Crippen molar-refractivity contribution >= 4 is 5.97 Å². The second-order valence-corrected chi connectivity index (χ2v) is 8.84. The van der Waals surface area contributed by atoms with E-state index in [0.717, 1.165) is 58.2 Å². The Hall–Kier alpha value is -0.870. The molecule has 0 N–H and O–H groups in total. The number of hydrogen-bond donors (Lipinski definition) is 0. The molecule has 4 nitrogen and oxygen atoms in total. The minimum atomic E-state index is -0.293. The topological polar surface area (TPSA) is 44.8 Å². The molecule has 0 aromatic carbocycles. The molecule has 1 heterocycles. The zero-order valence-corrected chi connectivity index (χ0v) is 14.8. The zero-order valence-electron chi connectivity index (χ0n) is 14.8. The smallest absolute Gasteiger partial charge is 0.330 e. The van der Waals surface area contributed by atoms with Gasteiger partial charge in [0.15, 0.2) is 0 Å². The SMILES string of the molecule is C=CC(=O)OC12CC3CC(CC(OCC4CCOC(C)C4)(C3)C1)C2. The van der Waals surface area contributed by atoms with Gasteiger partial charge in [-0.25, -0.2) is 4.79 Å². The van der Waals surface area contributed by atoms with Crippen LogP contribution in [-0.4, -0.2) is 36.5 Å². The van der Waals surface area contributed by atoms with Crippen LogP contribution in [0.1, 0.15) is 58.3 Å². The van der Waals surface area contributed by atoms with Crippen LogP contribution in [0.4, 0.5) is 0 Å². The van der Waals surface area contributed by atoms with Crippen LogP contribution in [0.2, 0.25) is 0 Å². The van der Waals surface area contributed by atoms with E-state index in [1.807, 2.05) is 0 Å². The average molecular weight is 334 g/mol. The lowest BCUT2D eigenvalue weighted by Crippen LogP contribution is -2.61. The third-order valence-corrected chi connectivity index (χ3v) is 6.66. The second-order valence-electron chi connectivity index (χ2n) is 8.84. The van der Waals surface area contributed by atoms with Gasteiger partial charge in [-0.1, -0.05) is 6.58 Å². The summed E-state index contributed by atoms with van der Waals surface area (Å²) in [5.41, 5.74) is -0.356. The molecule has 4 aliphatic carbocycles. The lowest BCUT2D eigenvalue weighted by Gasteiger charge is -2.60. The first-order chi connectivity index (χ1) is 11.5. The maximum Gasteiger partial charge on any atom is 0.330 e. The summed E-state index contributed by atoms with van der Waals surface area (Å²) in [7, 11) is 0. The fourth-order valence-electron chi connectivity index (χ4n) is 6.18. The molecule has 24 heavy (non-hydrogen) atoms. The number of hydrogen-bond acceptors (Lipinski definition) is 4. The van der Waals surface area contributed by atoms with Gasteiger partial charge < -0.3 is 14.2 Å². The van der Waals surface area contributed by atoms with Crippen molar-refractivity contribution in [3.05, 3.63) is 12.7 Å². The quantitative estimate of drug-likeness (QED) is 0.569. The standard InChI is InChI=1S/C20H30O4/c1-3-18(21)24-20-10-16-7-17(11-20)9-19(8-16,13-20)23-12-15-4-5-22-14(2)6-15/h3,14-17H,1,4-13H2,2H3. The molecule has 0 spiro atoms. The molecule has 4 atom stereocenters. The molecule has 134 valence electrons. The molecule has 4 saturated carbocycles. The van der Waals surface area contributed by atoms with E-state index in [0.29, 0.717) is 23.9 Å². The minimum absolute atomic E-state index is 0.0624. The molecule has 5 rings (SSSR count). The van der Waals surface area contributed by atoms with Crippen LogP contribution in [0.3, 0.4) is 0 Å². The highest BCUT2D eigenvalue weighted by molar-refractivity contribution is 5.81. The van der Waals surface area contributed by atoms with Crippen LogP contribution < -0.4 is 0 Å². The van der Waals surface area contributed by atoms with Crippen LogP contribution >= 0.6 is 0 Å². The van der Waals surface area contributed by atoms with E-state index in [2.05, 4.69) is 13.5 Å². The highest BCUT2D eigenvalue weighted by Crippen LogP contribution is 2.60. The van der Waals surface area contributed by atoms with E-state index < -0.39 is 0 Å². The van der Waals surface area contributed by atoms with Crippen molar-refractivity contribution in [2.45, 2.75) is 75.6 Å². The predicted molar refractivity (Wildman–Crippen MR) is 90.5 cm³/mol. The Morgan fingerprint density at radius 1 is 1.21 bits per heavy atom. The summed E-state index contributed by atoms with van der Waals surface area (Å²) in [6, 6.07) is 0. The first-order valence-corrected chi connectivity index (χ1v) is 9.61. The average Bonchev–Trinajstić information content (AvgIpc) is 2.51. The van der Waals surface area contributed by atoms with Gasteiger partial charge in [0.25, 0.3) is 0 Å². The Balaban J connectivity index is 1.44. The van der Waals surface area contributed by atoms with Gasteiger partial charge >= 0.3 is 5.97 Å². The van der Waals surface area contributed by atoms with E-state index in [-0.39, 0.29) is 17.2 Å². The molecule has 0 amide bonds. The maximum atomic E-state index is 11.8. The van der Waals surface area contributed by atoms with Crippen LogP contribution in [-0.2, 0) is 19.0 Å². The van der Waals surface area contributed by atoms with E-state index in [4.69, 9.17) is 14.2 Å². The predicted octanol–water partition coefficient (Wildman–Crippen LogP) is 3.64. The molecule has 4 heteroatoms. The normalized spacial score (nSPS) is 46.7. The highest BCUT2D eigenvalue weighted by Gasteiger charge is 2.60. The van der Waals surface area contributed by atoms with Gasteiger partial charge in [0, 0.05) is 19.1 Å². The number of carbonyl (C=O) groups excluding carboxylic acids is 1. The number of esters is 1. The first-order valence-electron chi connectivity index (χ1n) is 9.61. The Kier molecular flexibility index (Phi) is 4.24. The molecular formula is C20H30O4. The molecule has 0 aromatic rings. The number of rotatable bonds is 5. The van der Waals surface area contributed by atoms with Gasteiger partial charge in [0.05, 0.1) is 18.3 Å².